The van der Waals surface area contributed by atoms with E-state index in [1.165, 1.54) is 6.92 Å². The summed E-state index contributed by atoms with van der Waals surface area (Å²) < 4.78 is 77.5. The van der Waals surface area contributed by atoms with Crippen molar-refractivity contribution in [2.24, 2.45) is 0 Å². The maximum Gasteiger partial charge on any atom is 1.00 e. The maximum atomic E-state index is 12.4. The third kappa shape index (κ3) is 7.03. The van der Waals surface area contributed by atoms with Crippen molar-refractivity contribution in [1.82, 2.24) is 0 Å². The molecule has 1 nitrogen and oxygen atoms in total. The summed E-state index contributed by atoms with van der Waals surface area (Å²) in [4.78, 5) is 0. The fourth-order valence-electron chi connectivity index (χ4n) is 1.31. The van der Waals surface area contributed by atoms with Gasteiger partial charge in [-0.1, -0.05) is 12.1 Å². The van der Waals surface area contributed by atoms with Crippen LogP contribution in [0.4, 0.5) is 26.1 Å². The molecule has 0 bridgehead atoms. The topological polar surface area (TPSA) is 9.23 Å². The quantitative estimate of drug-likeness (QED) is 0.577. The Bertz CT molecular complexity index is 417. The molecule has 0 N–H and O–H groups in total. The fourth-order valence-corrected chi connectivity index (χ4v) is 1.31. The summed E-state index contributed by atoms with van der Waals surface area (Å²) in [6, 6.07) is 2.70. The number of hydrogen-bond donors (Lipinski definition) is 0. The second kappa shape index (κ2) is 7.35. The van der Waals surface area contributed by atoms with E-state index in [0.29, 0.717) is 0 Å². The van der Waals surface area contributed by atoms with Crippen LogP contribution in [0.2, 0.25) is 0 Å². The van der Waals surface area contributed by atoms with E-state index in [1.807, 2.05) is 0 Å². The molecule has 102 valence electrons. The van der Waals surface area contributed by atoms with Crippen molar-refractivity contribution in [1.29, 1.82) is 0 Å². The first-order valence-corrected chi connectivity index (χ1v) is 5.09. The van der Waals surface area contributed by atoms with Crippen LogP contribution in [0.1, 0.15) is 12.0 Å². The third-order valence-corrected chi connectivity index (χ3v) is 2.22. The van der Waals surface area contributed by atoms with Crippen LogP contribution in [0.5, 0.6) is 5.75 Å². The smallest absolute Gasteiger partial charge is 0.493 e. The molecule has 0 unspecified atom stereocenters. The van der Waals surface area contributed by atoms with Gasteiger partial charge in [-0.3, -0.25) is 0 Å². The summed E-state index contributed by atoms with van der Waals surface area (Å²) in [5.41, 5.74) is -0.635. The van der Waals surface area contributed by atoms with Gasteiger partial charge in [0.05, 0.1) is 13.0 Å². The van der Waals surface area contributed by atoms with E-state index in [-0.39, 0.29) is 62.7 Å². The molecule has 0 radical (unpaired) electrons. The van der Waals surface area contributed by atoms with Gasteiger partial charge in [0, 0.05) is 0 Å². The standard InChI is InChI=1S/C10H10BF6O.K/c1-7-6-8(11(15,16)17)2-3-9(7)18-5-4-10(12,13)14;/h2-3,6H,4-5H2,1H3;/q-1;+1. The fraction of sp³-hybridized carbons (Fsp3) is 0.400. The Morgan fingerprint density at radius 3 is 2.16 bits per heavy atom. The number of rotatable bonds is 4. The minimum absolute atomic E-state index is 0. The van der Waals surface area contributed by atoms with Crippen molar-refractivity contribution < 1.29 is 82.2 Å². The maximum absolute atomic E-state index is 12.4. The first kappa shape index (κ1) is 19.3. The van der Waals surface area contributed by atoms with Gasteiger partial charge in [0.25, 0.3) is 0 Å². The molecule has 9 heteroatoms. The zero-order chi connectivity index (χ0) is 14.0. The summed E-state index contributed by atoms with van der Waals surface area (Å²) in [6.07, 6.45) is -5.49. The van der Waals surface area contributed by atoms with Gasteiger partial charge in [-0.05, 0) is 18.6 Å². The first-order valence-electron chi connectivity index (χ1n) is 5.09. The Kier molecular flexibility index (Phi) is 7.47. The van der Waals surface area contributed by atoms with Crippen LogP contribution in [0, 0.1) is 6.92 Å². The average Bonchev–Trinajstić information content (AvgIpc) is 2.17. The van der Waals surface area contributed by atoms with Gasteiger partial charge in [0.2, 0.25) is 0 Å². The molecule has 1 aromatic carbocycles. The SMILES string of the molecule is Cc1cc([B-](F)(F)F)ccc1OCCC(F)(F)F.[K+]. The van der Waals surface area contributed by atoms with Crippen molar-refractivity contribution in [2.75, 3.05) is 6.61 Å². The molecule has 1 rings (SSSR count). The van der Waals surface area contributed by atoms with Gasteiger partial charge in [0.1, 0.15) is 5.75 Å². The Hall–Kier alpha value is 0.301. The number of benzene rings is 1. The zero-order valence-electron chi connectivity index (χ0n) is 10.4. The van der Waals surface area contributed by atoms with Crippen LogP contribution in [0.3, 0.4) is 0 Å². The molecule has 0 saturated heterocycles. The van der Waals surface area contributed by atoms with Crippen LogP contribution >= 0.6 is 0 Å². The van der Waals surface area contributed by atoms with E-state index in [4.69, 9.17) is 4.74 Å². The van der Waals surface area contributed by atoms with Crippen molar-refractivity contribution in [3.63, 3.8) is 0 Å². The largest absolute Gasteiger partial charge is 1.00 e. The molecule has 1 aromatic rings. The predicted molar refractivity (Wildman–Crippen MR) is 56.1 cm³/mol. The van der Waals surface area contributed by atoms with Gasteiger partial charge in [-0.25, -0.2) is 0 Å². The van der Waals surface area contributed by atoms with Crippen molar-refractivity contribution >= 4 is 12.4 Å². The number of alkyl halides is 3. The normalized spacial score (nSPS) is 11.9. The Morgan fingerprint density at radius 1 is 1.16 bits per heavy atom. The summed E-state index contributed by atoms with van der Waals surface area (Å²) >= 11 is 0. The second-order valence-corrected chi connectivity index (χ2v) is 3.81. The molecule has 0 aliphatic carbocycles. The Labute approximate surface area is 149 Å². The molecule has 0 atom stereocenters. The van der Waals surface area contributed by atoms with Crippen LogP contribution in [-0.2, 0) is 0 Å². The second-order valence-electron chi connectivity index (χ2n) is 3.81. The molecule has 0 amide bonds. The molecule has 19 heavy (non-hydrogen) atoms. The van der Waals surface area contributed by atoms with Crippen molar-refractivity contribution in [2.45, 2.75) is 19.5 Å². The molecular formula is C10H10BF6KO. The summed E-state index contributed by atoms with van der Waals surface area (Å²) in [6.45, 7) is -4.37. The third-order valence-electron chi connectivity index (χ3n) is 2.22. The summed E-state index contributed by atoms with van der Waals surface area (Å²) in [5, 5.41) is 0. The van der Waals surface area contributed by atoms with Crippen LogP contribution in [-0.4, -0.2) is 19.8 Å². The Balaban J connectivity index is 0.00000324. The zero-order valence-corrected chi connectivity index (χ0v) is 13.5. The Morgan fingerprint density at radius 2 is 1.74 bits per heavy atom. The molecule has 0 aliphatic heterocycles. The number of halogens is 6. The van der Waals surface area contributed by atoms with E-state index in [2.05, 4.69) is 0 Å². The van der Waals surface area contributed by atoms with Crippen molar-refractivity contribution in [3.05, 3.63) is 23.8 Å². The van der Waals surface area contributed by atoms with E-state index < -0.39 is 31.6 Å². The van der Waals surface area contributed by atoms with E-state index >= 15 is 0 Å². The van der Waals surface area contributed by atoms with Crippen molar-refractivity contribution in [3.8, 4) is 5.75 Å². The van der Waals surface area contributed by atoms with E-state index in [0.717, 1.165) is 18.2 Å². The molecular weight excluding hydrogens is 300 g/mol. The number of aryl methyl sites for hydroxylation is 1. The number of ether oxygens (including phenoxy) is 1. The van der Waals surface area contributed by atoms with Crippen LogP contribution < -0.4 is 61.6 Å². The van der Waals surface area contributed by atoms with Gasteiger partial charge < -0.3 is 17.7 Å². The minimum atomic E-state index is -5.11. The van der Waals surface area contributed by atoms with Crippen LogP contribution in [0.25, 0.3) is 0 Å². The van der Waals surface area contributed by atoms with Crippen LogP contribution in [0.15, 0.2) is 18.2 Å². The minimum Gasteiger partial charge on any atom is -0.493 e. The van der Waals surface area contributed by atoms with E-state index in [9.17, 15) is 26.1 Å². The van der Waals surface area contributed by atoms with Gasteiger partial charge >= 0.3 is 64.5 Å². The molecule has 0 heterocycles. The average molecular weight is 310 g/mol. The van der Waals surface area contributed by atoms with Gasteiger partial charge in [-0.2, -0.15) is 13.2 Å². The number of hydrogen-bond acceptors (Lipinski definition) is 1. The van der Waals surface area contributed by atoms with E-state index in [1.54, 1.807) is 0 Å². The molecule has 0 spiro atoms. The van der Waals surface area contributed by atoms with Gasteiger partial charge in [-0.15, -0.1) is 5.46 Å². The summed E-state index contributed by atoms with van der Waals surface area (Å²) in [5.74, 6) is 0.0306. The van der Waals surface area contributed by atoms with Gasteiger partial charge in [0.15, 0.2) is 0 Å². The summed E-state index contributed by atoms with van der Waals surface area (Å²) in [7, 11) is 0. The molecule has 0 aromatic heterocycles. The monoisotopic (exact) mass is 310 g/mol. The predicted octanol–water partition coefficient (Wildman–Crippen LogP) is 0.385. The molecule has 0 saturated carbocycles. The molecule has 0 fully saturated rings. The first-order chi connectivity index (χ1) is 8.09. The molecule has 0 aliphatic rings.